The molecule has 7 heteroatoms. The van der Waals surface area contributed by atoms with Gasteiger partial charge in [-0.05, 0) is 24.8 Å². The topological polar surface area (TPSA) is 91.2 Å². The normalized spacial score (nSPS) is 13.2. The number of halogens is 1. The fraction of sp³-hybridized carbons (Fsp3) is 0.308. The molecule has 2 heterocycles. The van der Waals surface area contributed by atoms with Crippen LogP contribution in [0.5, 0.6) is 5.88 Å². The molecule has 1 aliphatic carbocycles. The minimum atomic E-state index is -0.640. The Morgan fingerprint density at radius 2 is 2.30 bits per heavy atom. The highest BCUT2D eigenvalue weighted by atomic mass is 35.5. The number of ether oxygens (including phenoxy) is 1. The zero-order valence-electron chi connectivity index (χ0n) is 10.6. The van der Waals surface area contributed by atoms with Crippen molar-refractivity contribution in [1.29, 1.82) is 0 Å². The Kier molecular flexibility index (Phi) is 3.31. The van der Waals surface area contributed by atoms with E-state index in [2.05, 4.69) is 9.97 Å². The number of hydrogen-bond acceptors (Lipinski definition) is 5. The lowest BCUT2D eigenvalue weighted by atomic mass is 10.2. The SMILES string of the molecule is NC(=O)c1coc(COc2cc(Cl)c3c(n2)CCC3)n1. The summed E-state index contributed by atoms with van der Waals surface area (Å²) in [6, 6.07) is 1.68. The molecule has 0 aromatic carbocycles. The van der Waals surface area contributed by atoms with Crippen LogP contribution < -0.4 is 10.5 Å². The van der Waals surface area contributed by atoms with Crippen molar-refractivity contribution in [3.05, 3.63) is 40.2 Å². The second-order valence-corrected chi connectivity index (χ2v) is 4.91. The van der Waals surface area contributed by atoms with E-state index in [0.29, 0.717) is 10.9 Å². The summed E-state index contributed by atoms with van der Waals surface area (Å²) in [5.74, 6) is 0.0467. The Balaban J connectivity index is 1.72. The van der Waals surface area contributed by atoms with E-state index in [9.17, 15) is 4.79 Å². The molecule has 0 bridgehead atoms. The fourth-order valence-electron chi connectivity index (χ4n) is 2.17. The predicted molar refractivity (Wildman–Crippen MR) is 70.6 cm³/mol. The van der Waals surface area contributed by atoms with E-state index in [0.717, 1.165) is 30.5 Å². The summed E-state index contributed by atoms with van der Waals surface area (Å²) in [7, 11) is 0. The zero-order chi connectivity index (χ0) is 14.1. The molecule has 0 unspecified atom stereocenters. The smallest absolute Gasteiger partial charge is 0.270 e. The van der Waals surface area contributed by atoms with E-state index in [1.165, 1.54) is 6.26 Å². The van der Waals surface area contributed by atoms with Gasteiger partial charge in [0.15, 0.2) is 12.3 Å². The van der Waals surface area contributed by atoms with Crippen molar-refractivity contribution >= 4 is 17.5 Å². The molecule has 1 aliphatic rings. The number of rotatable bonds is 4. The third-order valence-electron chi connectivity index (χ3n) is 3.12. The van der Waals surface area contributed by atoms with E-state index in [1.807, 2.05) is 0 Å². The molecule has 0 aliphatic heterocycles. The van der Waals surface area contributed by atoms with Crippen LogP contribution in [0.2, 0.25) is 5.02 Å². The average molecular weight is 294 g/mol. The second-order valence-electron chi connectivity index (χ2n) is 4.50. The number of nitrogens with zero attached hydrogens (tertiary/aromatic N) is 2. The number of carbonyl (C=O) groups excluding carboxylic acids is 1. The predicted octanol–water partition coefficient (Wildman–Crippen LogP) is 1.89. The maximum absolute atomic E-state index is 10.9. The summed E-state index contributed by atoms with van der Waals surface area (Å²) in [5, 5.41) is 0.674. The second kappa shape index (κ2) is 5.13. The van der Waals surface area contributed by atoms with Gasteiger partial charge in [-0.25, -0.2) is 9.97 Å². The first-order chi connectivity index (χ1) is 9.63. The molecule has 0 spiro atoms. The van der Waals surface area contributed by atoms with Crippen LogP contribution in [0.4, 0.5) is 0 Å². The van der Waals surface area contributed by atoms with Crippen molar-refractivity contribution in [2.45, 2.75) is 25.9 Å². The number of pyridine rings is 1. The summed E-state index contributed by atoms with van der Waals surface area (Å²) in [6.45, 7) is 0.0649. The van der Waals surface area contributed by atoms with Crippen LogP contribution in [0.3, 0.4) is 0 Å². The van der Waals surface area contributed by atoms with Gasteiger partial charge < -0.3 is 14.9 Å². The number of amides is 1. The van der Waals surface area contributed by atoms with Gasteiger partial charge in [0.2, 0.25) is 11.8 Å². The fourth-order valence-corrected chi connectivity index (χ4v) is 2.47. The minimum Gasteiger partial charge on any atom is -0.468 e. The third kappa shape index (κ3) is 2.46. The summed E-state index contributed by atoms with van der Waals surface area (Å²) in [5.41, 5.74) is 7.24. The summed E-state index contributed by atoms with van der Waals surface area (Å²) < 4.78 is 10.6. The summed E-state index contributed by atoms with van der Waals surface area (Å²) in [6.07, 6.45) is 4.14. The lowest BCUT2D eigenvalue weighted by Crippen LogP contribution is -2.11. The molecule has 0 atom stereocenters. The van der Waals surface area contributed by atoms with Crippen molar-refractivity contribution < 1.29 is 13.9 Å². The molecule has 2 aromatic heterocycles. The highest BCUT2D eigenvalue weighted by Gasteiger charge is 2.18. The Hall–Kier alpha value is -2.08. The van der Waals surface area contributed by atoms with E-state index in [4.69, 9.17) is 26.5 Å². The molecular weight excluding hydrogens is 282 g/mol. The first kappa shape index (κ1) is 12.9. The van der Waals surface area contributed by atoms with Crippen LogP contribution in [0.15, 0.2) is 16.7 Å². The Morgan fingerprint density at radius 1 is 1.45 bits per heavy atom. The van der Waals surface area contributed by atoms with Gasteiger partial charge >= 0.3 is 0 Å². The molecule has 3 rings (SSSR count). The number of primary amides is 1. The molecule has 6 nitrogen and oxygen atoms in total. The molecule has 0 fully saturated rings. The standard InChI is InChI=1S/C13H12ClN3O3/c14-8-4-11(16-9-3-1-2-7(8)9)20-6-12-17-10(5-19-12)13(15)18/h4-5H,1-3,6H2,(H2,15,18). The van der Waals surface area contributed by atoms with Crippen LogP contribution in [0.1, 0.15) is 34.1 Å². The van der Waals surface area contributed by atoms with Crippen molar-refractivity contribution in [1.82, 2.24) is 9.97 Å². The number of nitrogens with two attached hydrogens (primary N) is 1. The van der Waals surface area contributed by atoms with Gasteiger partial charge in [0, 0.05) is 11.8 Å². The van der Waals surface area contributed by atoms with Crippen LogP contribution >= 0.6 is 11.6 Å². The van der Waals surface area contributed by atoms with Crippen molar-refractivity contribution in [3.8, 4) is 5.88 Å². The van der Waals surface area contributed by atoms with E-state index in [1.54, 1.807) is 6.07 Å². The van der Waals surface area contributed by atoms with Gasteiger partial charge in [0.05, 0.1) is 5.02 Å². The zero-order valence-corrected chi connectivity index (χ0v) is 11.3. The van der Waals surface area contributed by atoms with Crippen LogP contribution in [0, 0.1) is 0 Å². The first-order valence-electron chi connectivity index (χ1n) is 6.19. The third-order valence-corrected chi connectivity index (χ3v) is 3.46. The molecule has 0 saturated carbocycles. The maximum Gasteiger partial charge on any atom is 0.270 e. The molecule has 1 amide bonds. The van der Waals surface area contributed by atoms with Crippen LogP contribution in [-0.4, -0.2) is 15.9 Å². The molecule has 2 aromatic rings. The largest absolute Gasteiger partial charge is 0.468 e. The molecule has 0 saturated heterocycles. The Bertz CT molecular complexity index is 669. The first-order valence-corrected chi connectivity index (χ1v) is 6.56. The number of fused-ring (bicyclic) bond motifs is 1. The van der Waals surface area contributed by atoms with Crippen molar-refractivity contribution in [2.24, 2.45) is 5.73 Å². The van der Waals surface area contributed by atoms with Gasteiger partial charge in [-0.1, -0.05) is 11.6 Å². The van der Waals surface area contributed by atoms with E-state index in [-0.39, 0.29) is 18.2 Å². The highest BCUT2D eigenvalue weighted by molar-refractivity contribution is 6.31. The number of carbonyl (C=O) groups is 1. The summed E-state index contributed by atoms with van der Waals surface area (Å²) >= 11 is 6.18. The average Bonchev–Trinajstić information content (AvgIpc) is 3.05. The van der Waals surface area contributed by atoms with Gasteiger partial charge in [0.25, 0.3) is 5.91 Å². The van der Waals surface area contributed by atoms with Gasteiger partial charge in [-0.3, -0.25) is 4.79 Å². The van der Waals surface area contributed by atoms with Gasteiger partial charge in [-0.15, -0.1) is 0 Å². The molecule has 0 radical (unpaired) electrons. The van der Waals surface area contributed by atoms with Crippen molar-refractivity contribution in [3.63, 3.8) is 0 Å². The number of oxazole rings is 1. The van der Waals surface area contributed by atoms with Crippen LogP contribution in [0.25, 0.3) is 0 Å². The van der Waals surface area contributed by atoms with Crippen molar-refractivity contribution in [2.75, 3.05) is 0 Å². The monoisotopic (exact) mass is 293 g/mol. The quantitative estimate of drug-likeness (QED) is 0.929. The number of aromatic nitrogens is 2. The van der Waals surface area contributed by atoms with Gasteiger partial charge in [0.1, 0.15) is 6.26 Å². The Morgan fingerprint density at radius 3 is 3.05 bits per heavy atom. The molecule has 104 valence electrons. The minimum absolute atomic E-state index is 0.0649. The van der Waals surface area contributed by atoms with E-state index >= 15 is 0 Å². The Labute approximate surface area is 119 Å². The molecule has 20 heavy (non-hydrogen) atoms. The number of aryl methyl sites for hydroxylation is 1. The number of hydrogen-bond donors (Lipinski definition) is 1. The lowest BCUT2D eigenvalue weighted by molar-refractivity contribution is 0.0995. The lowest BCUT2D eigenvalue weighted by Gasteiger charge is -2.07. The maximum atomic E-state index is 10.9. The van der Waals surface area contributed by atoms with Gasteiger partial charge in [-0.2, -0.15) is 0 Å². The summed E-state index contributed by atoms with van der Waals surface area (Å²) in [4.78, 5) is 19.2. The molecule has 2 N–H and O–H groups in total. The molecular formula is C13H12ClN3O3. The van der Waals surface area contributed by atoms with Crippen LogP contribution in [-0.2, 0) is 19.4 Å². The van der Waals surface area contributed by atoms with E-state index < -0.39 is 5.91 Å². The highest BCUT2D eigenvalue weighted by Crippen LogP contribution is 2.30.